The highest BCUT2D eigenvalue weighted by molar-refractivity contribution is 6.32. The molecule has 2 heterocycles. The largest absolute Gasteiger partial charge is 0.490 e. The molecular formula is C30H26ClNO5. The van der Waals surface area contributed by atoms with Gasteiger partial charge in [0, 0.05) is 11.6 Å². The monoisotopic (exact) mass is 515 g/mol. The van der Waals surface area contributed by atoms with Gasteiger partial charge in [-0.1, -0.05) is 54.1 Å². The molecule has 1 amide bonds. The van der Waals surface area contributed by atoms with Gasteiger partial charge in [-0.25, -0.2) is 0 Å². The van der Waals surface area contributed by atoms with E-state index in [1.54, 1.807) is 29.2 Å². The third-order valence-corrected chi connectivity index (χ3v) is 6.80. The van der Waals surface area contributed by atoms with Crippen LogP contribution in [0.3, 0.4) is 0 Å². The summed E-state index contributed by atoms with van der Waals surface area (Å²) >= 11 is 6.32. The Morgan fingerprint density at radius 1 is 1.05 bits per heavy atom. The fourth-order valence-electron chi connectivity index (χ4n) is 4.63. The third-order valence-electron chi connectivity index (χ3n) is 6.39. The van der Waals surface area contributed by atoms with Gasteiger partial charge in [-0.05, 0) is 54.8 Å². The number of aryl methyl sites for hydroxylation is 1. The Morgan fingerprint density at radius 3 is 2.57 bits per heavy atom. The summed E-state index contributed by atoms with van der Waals surface area (Å²) in [6.07, 6.45) is 1.63. The number of halogens is 1. The van der Waals surface area contributed by atoms with Crippen molar-refractivity contribution in [3.05, 3.63) is 117 Å². The number of carbonyl (C=O) groups is 1. The lowest BCUT2D eigenvalue weighted by molar-refractivity contribution is 0.0748. The van der Waals surface area contributed by atoms with Gasteiger partial charge in [0.1, 0.15) is 12.2 Å². The molecule has 0 N–H and O–H groups in total. The summed E-state index contributed by atoms with van der Waals surface area (Å²) in [5.74, 6) is 0.767. The zero-order chi connectivity index (χ0) is 26.1. The van der Waals surface area contributed by atoms with E-state index in [1.165, 1.54) is 0 Å². The molecule has 188 valence electrons. The SMILES string of the molecule is C=CCN1C(=O)c2oc3cc(C)c(Cl)cc3c(=O)c2C1c1ccc(OCc2ccccc2)c(OCC)c1. The van der Waals surface area contributed by atoms with Crippen molar-refractivity contribution in [1.29, 1.82) is 0 Å². The fraction of sp³-hybridized carbons (Fsp3) is 0.200. The number of benzene rings is 3. The number of hydrogen-bond donors (Lipinski definition) is 0. The number of carbonyl (C=O) groups excluding carboxylic acids is 1. The molecule has 1 unspecified atom stereocenters. The van der Waals surface area contributed by atoms with E-state index in [-0.39, 0.29) is 29.2 Å². The van der Waals surface area contributed by atoms with Crippen LogP contribution in [0.2, 0.25) is 5.02 Å². The van der Waals surface area contributed by atoms with Crippen LogP contribution >= 0.6 is 11.6 Å². The Kier molecular flexibility index (Phi) is 6.76. The van der Waals surface area contributed by atoms with Gasteiger partial charge in [0.25, 0.3) is 5.91 Å². The summed E-state index contributed by atoms with van der Waals surface area (Å²) in [5.41, 5.74) is 2.81. The second-order valence-corrected chi connectivity index (χ2v) is 9.24. The zero-order valence-corrected chi connectivity index (χ0v) is 21.4. The van der Waals surface area contributed by atoms with Gasteiger partial charge in [-0.3, -0.25) is 9.59 Å². The maximum Gasteiger partial charge on any atom is 0.291 e. The van der Waals surface area contributed by atoms with E-state index < -0.39 is 6.04 Å². The van der Waals surface area contributed by atoms with Gasteiger partial charge in [0.05, 0.1) is 23.6 Å². The van der Waals surface area contributed by atoms with Crippen molar-refractivity contribution in [1.82, 2.24) is 4.90 Å². The highest BCUT2D eigenvalue weighted by Crippen LogP contribution is 2.41. The van der Waals surface area contributed by atoms with E-state index in [0.29, 0.717) is 46.3 Å². The van der Waals surface area contributed by atoms with Crippen molar-refractivity contribution in [2.24, 2.45) is 0 Å². The molecule has 1 aromatic heterocycles. The second-order valence-electron chi connectivity index (χ2n) is 8.83. The summed E-state index contributed by atoms with van der Waals surface area (Å²) in [4.78, 5) is 28.7. The minimum absolute atomic E-state index is 0.0356. The van der Waals surface area contributed by atoms with Crippen LogP contribution in [0.15, 0.2) is 82.5 Å². The number of nitrogens with zero attached hydrogens (tertiary/aromatic N) is 1. The van der Waals surface area contributed by atoms with Gasteiger partial charge < -0.3 is 18.8 Å². The first-order valence-corrected chi connectivity index (χ1v) is 12.4. The van der Waals surface area contributed by atoms with Gasteiger partial charge >= 0.3 is 0 Å². The van der Waals surface area contributed by atoms with E-state index >= 15 is 0 Å². The summed E-state index contributed by atoms with van der Waals surface area (Å²) in [6.45, 7) is 8.54. The molecule has 1 atom stereocenters. The maximum absolute atomic E-state index is 13.7. The molecule has 4 aromatic rings. The standard InChI is InChI=1S/C30H26ClNO5/c1-4-13-32-27(26-28(33)21-16-22(31)18(3)14-24(21)37-29(26)30(32)34)20-11-12-23(25(15-20)35-5-2)36-17-19-9-7-6-8-10-19/h4,6-12,14-16,27H,1,5,13,17H2,2-3H3. The van der Waals surface area contributed by atoms with Crippen LogP contribution in [0.5, 0.6) is 11.5 Å². The molecule has 1 aliphatic rings. The summed E-state index contributed by atoms with van der Waals surface area (Å²) in [5, 5.41) is 0.794. The first-order chi connectivity index (χ1) is 17.9. The van der Waals surface area contributed by atoms with Gasteiger partial charge in [-0.2, -0.15) is 0 Å². The Bertz CT molecular complexity index is 1560. The van der Waals surface area contributed by atoms with Gasteiger partial charge in [-0.15, -0.1) is 6.58 Å². The van der Waals surface area contributed by atoms with Crippen molar-refractivity contribution in [2.75, 3.05) is 13.2 Å². The molecule has 0 aliphatic carbocycles. The number of rotatable bonds is 8. The Balaban J connectivity index is 1.61. The molecule has 0 bridgehead atoms. The lowest BCUT2D eigenvalue weighted by atomic mass is 9.97. The molecule has 6 nitrogen and oxygen atoms in total. The van der Waals surface area contributed by atoms with Crippen molar-refractivity contribution in [3.63, 3.8) is 0 Å². The van der Waals surface area contributed by atoms with Crippen LogP contribution in [0.4, 0.5) is 0 Å². The van der Waals surface area contributed by atoms with E-state index in [1.807, 2.05) is 56.3 Å². The smallest absolute Gasteiger partial charge is 0.291 e. The topological polar surface area (TPSA) is 69.0 Å². The summed E-state index contributed by atoms with van der Waals surface area (Å²) < 4.78 is 18.0. The molecule has 3 aromatic carbocycles. The molecule has 7 heteroatoms. The van der Waals surface area contributed by atoms with Crippen LogP contribution in [-0.2, 0) is 6.61 Å². The van der Waals surface area contributed by atoms with Crippen LogP contribution < -0.4 is 14.9 Å². The molecule has 0 saturated carbocycles. The molecule has 5 rings (SSSR count). The minimum atomic E-state index is -0.677. The van der Waals surface area contributed by atoms with E-state index in [2.05, 4.69) is 6.58 Å². The summed E-state index contributed by atoms with van der Waals surface area (Å²) in [7, 11) is 0. The van der Waals surface area contributed by atoms with E-state index in [0.717, 1.165) is 11.1 Å². The van der Waals surface area contributed by atoms with Crippen LogP contribution in [0.1, 0.15) is 45.8 Å². The second kappa shape index (κ2) is 10.1. The molecule has 0 saturated heterocycles. The molecule has 0 fully saturated rings. The molecule has 1 aliphatic heterocycles. The number of fused-ring (bicyclic) bond motifs is 2. The highest BCUT2D eigenvalue weighted by Gasteiger charge is 2.42. The van der Waals surface area contributed by atoms with Crippen molar-refractivity contribution in [2.45, 2.75) is 26.5 Å². The fourth-order valence-corrected chi connectivity index (χ4v) is 4.80. The van der Waals surface area contributed by atoms with Crippen LogP contribution in [0.25, 0.3) is 11.0 Å². The van der Waals surface area contributed by atoms with Crippen molar-refractivity contribution in [3.8, 4) is 11.5 Å². The first-order valence-electron chi connectivity index (χ1n) is 12.0. The van der Waals surface area contributed by atoms with Gasteiger partial charge in [0.15, 0.2) is 16.9 Å². The lowest BCUT2D eigenvalue weighted by Crippen LogP contribution is -2.29. The normalized spacial score (nSPS) is 14.6. The minimum Gasteiger partial charge on any atom is -0.490 e. The summed E-state index contributed by atoms with van der Waals surface area (Å²) in [6, 6.07) is 17.9. The highest BCUT2D eigenvalue weighted by atomic mass is 35.5. The molecular weight excluding hydrogens is 490 g/mol. The Hall–Kier alpha value is -4.03. The van der Waals surface area contributed by atoms with Crippen LogP contribution in [-0.4, -0.2) is 24.0 Å². The number of amides is 1. The average molecular weight is 516 g/mol. The number of ether oxygens (including phenoxy) is 2. The quantitative estimate of drug-likeness (QED) is 0.252. The Morgan fingerprint density at radius 2 is 1.84 bits per heavy atom. The molecule has 0 radical (unpaired) electrons. The average Bonchev–Trinajstić information content (AvgIpc) is 3.17. The third kappa shape index (κ3) is 4.49. The zero-order valence-electron chi connectivity index (χ0n) is 20.6. The lowest BCUT2D eigenvalue weighted by Gasteiger charge is -2.24. The molecule has 0 spiro atoms. The van der Waals surface area contributed by atoms with E-state index in [9.17, 15) is 9.59 Å². The molecule has 37 heavy (non-hydrogen) atoms. The van der Waals surface area contributed by atoms with Gasteiger partial charge in [0.2, 0.25) is 5.76 Å². The first kappa shape index (κ1) is 24.7. The van der Waals surface area contributed by atoms with Crippen molar-refractivity contribution >= 4 is 28.5 Å². The predicted molar refractivity (Wildman–Crippen MR) is 144 cm³/mol. The number of hydrogen-bond acceptors (Lipinski definition) is 5. The van der Waals surface area contributed by atoms with E-state index in [4.69, 9.17) is 25.5 Å². The maximum atomic E-state index is 13.7. The van der Waals surface area contributed by atoms with Crippen molar-refractivity contribution < 1.29 is 18.7 Å². The van der Waals surface area contributed by atoms with Crippen LogP contribution in [0, 0.1) is 6.92 Å². The Labute approximate surface area is 219 Å². The predicted octanol–water partition coefficient (Wildman–Crippen LogP) is 6.46.